The van der Waals surface area contributed by atoms with E-state index >= 15 is 0 Å². The second-order valence-corrected chi connectivity index (χ2v) is 6.22. The highest BCUT2D eigenvalue weighted by molar-refractivity contribution is 5.65. The molecule has 2 heteroatoms. The average molecular weight is 292 g/mol. The molecule has 2 aliphatic rings. The molecule has 0 spiro atoms. The second kappa shape index (κ2) is 4.99. The highest BCUT2D eigenvalue weighted by Gasteiger charge is 2.50. The third-order valence-corrected chi connectivity index (χ3v) is 4.95. The van der Waals surface area contributed by atoms with Crippen LogP contribution in [0.25, 0.3) is 6.08 Å². The predicted octanol–water partition coefficient (Wildman–Crippen LogP) is 4.19. The van der Waals surface area contributed by atoms with Gasteiger partial charge in [0.1, 0.15) is 5.75 Å². The van der Waals surface area contributed by atoms with Crippen molar-refractivity contribution in [3.05, 3.63) is 71.3 Å². The largest absolute Gasteiger partial charge is 0.497 e. The Bertz CT molecular complexity index is 734. The van der Waals surface area contributed by atoms with E-state index in [0.29, 0.717) is 0 Å². The Kier molecular flexibility index (Phi) is 3.08. The monoisotopic (exact) mass is 292 g/mol. The Morgan fingerprint density at radius 2 is 2.00 bits per heavy atom. The first-order valence-electron chi connectivity index (χ1n) is 7.82. The normalized spacial score (nSPS) is 29.0. The van der Waals surface area contributed by atoms with E-state index in [0.717, 1.165) is 12.2 Å². The van der Waals surface area contributed by atoms with Crippen LogP contribution in [0.15, 0.2) is 54.6 Å². The number of hydrogen-bond donors (Lipinski definition) is 0. The van der Waals surface area contributed by atoms with Crippen LogP contribution >= 0.6 is 0 Å². The fourth-order valence-corrected chi connectivity index (χ4v) is 4.03. The fourth-order valence-electron chi connectivity index (χ4n) is 4.03. The molecule has 0 aromatic heterocycles. The molecule has 1 fully saturated rings. The van der Waals surface area contributed by atoms with Gasteiger partial charge in [-0.15, -0.1) is 0 Å². The van der Waals surface area contributed by atoms with Crippen molar-refractivity contribution in [2.75, 3.05) is 7.11 Å². The van der Waals surface area contributed by atoms with Crippen molar-refractivity contribution in [1.82, 2.24) is 0 Å². The first-order chi connectivity index (χ1) is 10.7. The van der Waals surface area contributed by atoms with Gasteiger partial charge in [-0.25, -0.2) is 0 Å². The Labute approximate surface area is 131 Å². The molecule has 22 heavy (non-hydrogen) atoms. The lowest BCUT2D eigenvalue weighted by Crippen LogP contribution is -2.38. The van der Waals surface area contributed by atoms with Crippen LogP contribution in [0.5, 0.6) is 5.75 Å². The number of benzene rings is 2. The molecule has 1 aliphatic carbocycles. The number of hydrogen-bond acceptors (Lipinski definition) is 2. The zero-order valence-corrected chi connectivity index (χ0v) is 13.0. The molecule has 112 valence electrons. The first kappa shape index (κ1) is 13.6. The van der Waals surface area contributed by atoms with Crippen LogP contribution < -0.4 is 4.74 Å². The van der Waals surface area contributed by atoms with Crippen molar-refractivity contribution >= 4 is 6.08 Å². The number of rotatable bonds is 2. The molecule has 0 amide bonds. The van der Waals surface area contributed by atoms with Crippen molar-refractivity contribution in [1.29, 1.82) is 0 Å². The molecule has 1 aliphatic heterocycles. The van der Waals surface area contributed by atoms with Crippen LogP contribution in [-0.4, -0.2) is 19.3 Å². The van der Waals surface area contributed by atoms with Crippen LogP contribution in [0.4, 0.5) is 0 Å². The summed E-state index contributed by atoms with van der Waals surface area (Å²) in [5, 5.41) is 0. The quantitative estimate of drug-likeness (QED) is 0.826. The summed E-state index contributed by atoms with van der Waals surface area (Å²) in [5.74, 6) is 0.900. The molecule has 0 bridgehead atoms. The summed E-state index contributed by atoms with van der Waals surface area (Å²) in [6, 6.07) is 17.1. The van der Waals surface area contributed by atoms with Gasteiger partial charge in [0.2, 0.25) is 0 Å². The van der Waals surface area contributed by atoms with E-state index < -0.39 is 0 Å². The number of ether oxygens (including phenoxy) is 2. The maximum atomic E-state index is 6.23. The van der Waals surface area contributed by atoms with Gasteiger partial charge in [0, 0.05) is 0 Å². The zero-order valence-electron chi connectivity index (χ0n) is 13.0. The van der Waals surface area contributed by atoms with Crippen LogP contribution in [0.3, 0.4) is 0 Å². The zero-order chi connectivity index (χ0) is 15.2. The average Bonchev–Trinajstić information content (AvgIpc) is 2.92. The summed E-state index contributed by atoms with van der Waals surface area (Å²) in [4.78, 5) is 0. The van der Waals surface area contributed by atoms with Crippen LogP contribution in [0, 0.1) is 0 Å². The third-order valence-electron chi connectivity index (χ3n) is 4.95. The van der Waals surface area contributed by atoms with Crippen LogP contribution in [0.1, 0.15) is 30.0 Å². The summed E-state index contributed by atoms with van der Waals surface area (Å²) < 4.78 is 11.7. The first-order valence-corrected chi connectivity index (χ1v) is 7.82. The molecule has 4 rings (SSSR count). The predicted molar refractivity (Wildman–Crippen MR) is 88.2 cm³/mol. The van der Waals surface area contributed by atoms with E-state index in [-0.39, 0.29) is 17.6 Å². The molecule has 2 aromatic rings. The summed E-state index contributed by atoms with van der Waals surface area (Å²) in [6.07, 6.45) is 5.73. The molecule has 0 N–H and O–H groups in total. The van der Waals surface area contributed by atoms with E-state index in [9.17, 15) is 0 Å². The van der Waals surface area contributed by atoms with Crippen molar-refractivity contribution in [2.24, 2.45) is 0 Å². The molecule has 1 saturated heterocycles. The molecule has 3 atom stereocenters. The molecule has 0 saturated carbocycles. The Balaban J connectivity index is 1.96. The van der Waals surface area contributed by atoms with Gasteiger partial charge in [0.15, 0.2) is 0 Å². The maximum Gasteiger partial charge on any atom is 0.119 e. The highest BCUT2D eigenvalue weighted by Crippen LogP contribution is 2.51. The topological polar surface area (TPSA) is 18.5 Å². The van der Waals surface area contributed by atoms with Gasteiger partial charge in [-0.3, -0.25) is 0 Å². The number of fused-ring (bicyclic) bond motifs is 3. The summed E-state index contributed by atoms with van der Waals surface area (Å²) >= 11 is 0. The van der Waals surface area contributed by atoms with E-state index in [4.69, 9.17) is 9.47 Å². The lowest BCUT2D eigenvalue weighted by Gasteiger charge is -2.37. The third kappa shape index (κ3) is 1.84. The van der Waals surface area contributed by atoms with Crippen molar-refractivity contribution in [3.63, 3.8) is 0 Å². The van der Waals surface area contributed by atoms with E-state index in [2.05, 4.69) is 61.5 Å². The standard InChI is InChI=1S/C20H20O2/c1-14-13-20(16-7-5-8-17(12-16)21-2)18-9-4-3-6-15(18)10-11-19(20)22-14/h3-12,14,19H,13H2,1-2H3/t14-,19-,20-/m0/s1. The van der Waals surface area contributed by atoms with E-state index in [1.165, 1.54) is 16.7 Å². The molecule has 2 nitrogen and oxygen atoms in total. The van der Waals surface area contributed by atoms with Gasteiger partial charge in [0.05, 0.1) is 24.7 Å². The number of methoxy groups -OCH3 is 1. The molecular formula is C20H20O2. The molecule has 0 unspecified atom stereocenters. The lowest BCUT2D eigenvalue weighted by molar-refractivity contribution is 0.0722. The second-order valence-electron chi connectivity index (χ2n) is 6.22. The minimum atomic E-state index is -0.112. The van der Waals surface area contributed by atoms with Crippen molar-refractivity contribution in [2.45, 2.75) is 31.0 Å². The summed E-state index contributed by atoms with van der Waals surface area (Å²) in [7, 11) is 1.72. The van der Waals surface area contributed by atoms with Gasteiger partial charge in [0.25, 0.3) is 0 Å². The molecule has 1 heterocycles. The van der Waals surface area contributed by atoms with Gasteiger partial charge in [-0.1, -0.05) is 48.6 Å². The van der Waals surface area contributed by atoms with E-state index in [1.807, 2.05) is 6.07 Å². The maximum absolute atomic E-state index is 6.23. The smallest absolute Gasteiger partial charge is 0.119 e. The fraction of sp³-hybridized carbons (Fsp3) is 0.300. The Hall–Kier alpha value is -2.06. The molecule has 0 radical (unpaired) electrons. The van der Waals surface area contributed by atoms with Gasteiger partial charge in [-0.05, 0) is 42.2 Å². The van der Waals surface area contributed by atoms with E-state index in [1.54, 1.807) is 7.11 Å². The van der Waals surface area contributed by atoms with Gasteiger partial charge < -0.3 is 9.47 Å². The minimum absolute atomic E-state index is 0.0875. The Morgan fingerprint density at radius 1 is 1.14 bits per heavy atom. The summed E-state index contributed by atoms with van der Waals surface area (Å²) in [5.41, 5.74) is 3.82. The molecule has 2 aromatic carbocycles. The molecular weight excluding hydrogens is 272 g/mol. The van der Waals surface area contributed by atoms with Crippen LogP contribution in [0.2, 0.25) is 0 Å². The lowest BCUT2D eigenvalue weighted by atomic mass is 9.65. The van der Waals surface area contributed by atoms with Gasteiger partial charge >= 0.3 is 0 Å². The highest BCUT2D eigenvalue weighted by atomic mass is 16.5. The Morgan fingerprint density at radius 3 is 2.86 bits per heavy atom. The van der Waals surface area contributed by atoms with Gasteiger partial charge in [-0.2, -0.15) is 0 Å². The van der Waals surface area contributed by atoms with Crippen LogP contribution in [-0.2, 0) is 10.2 Å². The minimum Gasteiger partial charge on any atom is -0.497 e. The van der Waals surface area contributed by atoms with Crippen molar-refractivity contribution in [3.8, 4) is 5.75 Å². The summed E-state index contributed by atoms with van der Waals surface area (Å²) in [6.45, 7) is 2.16. The SMILES string of the molecule is COc1cccc([C@]23C[C@H](C)O[C@H]2C=Cc2ccccc23)c1. The van der Waals surface area contributed by atoms with Crippen molar-refractivity contribution < 1.29 is 9.47 Å².